The zero-order valence-electron chi connectivity index (χ0n) is 23.7. The van der Waals surface area contributed by atoms with Crippen LogP contribution >= 0.6 is 0 Å². The molecule has 2 aliphatic rings. The van der Waals surface area contributed by atoms with Crippen molar-refractivity contribution >= 4 is 35.6 Å². The molecule has 6 N–H and O–H groups in total. The maximum absolute atomic E-state index is 13.0. The number of carbonyl (C=O) groups excluding carboxylic acids is 1. The molecular weight excluding hydrogens is 568 g/mol. The van der Waals surface area contributed by atoms with Gasteiger partial charge in [-0.1, -0.05) is 12.1 Å². The molecule has 4 rings (SSSR count). The Balaban J connectivity index is 0.000000455. The molecule has 16 nitrogen and oxygen atoms in total. The molecule has 0 spiro atoms. The first kappa shape index (κ1) is 34.4. The topological polar surface area (TPSA) is 237 Å². The third-order valence-corrected chi connectivity index (χ3v) is 7.12. The van der Waals surface area contributed by atoms with Gasteiger partial charge in [0, 0.05) is 63.6 Å². The Labute approximate surface area is 247 Å². The Hall–Kier alpha value is -4.83. The van der Waals surface area contributed by atoms with Gasteiger partial charge in [-0.2, -0.15) is 0 Å². The number of hydrogen-bond acceptors (Lipinski definition) is 11. The number of hydrogen-bond donors (Lipinski definition) is 5. The molecule has 0 radical (unpaired) electrons. The lowest BCUT2D eigenvalue weighted by Crippen LogP contribution is -2.53. The number of piperidine rings is 1. The van der Waals surface area contributed by atoms with Gasteiger partial charge in [0.25, 0.3) is 0 Å². The largest absolute Gasteiger partial charge is 0.497 e. The molecular formula is C27H36N6O10. The second kappa shape index (κ2) is 16.6. The highest BCUT2D eigenvalue weighted by atomic mass is 16.5. The molecule has 0 saturated carbocycles. The maximum atomic E-state index is 13.0. The summed E-state index contributed by atoms with van der Waals surface area (Å²) in [6, 6.07) is 8.19. The highest BCUT2D eigenvalue weighted by Crippen LogP contribution is 2.36. The van der Waals surface area contributed by atoms with Crippen LogP contribution in [0.15, 0.2) is 42.9 Å². The molecule has 0 atom stereocenters. The average molecular weight is 605 g/mol. The Morgan fingerprint density at radius 1 is 0.884 bits per heavy atom. The van der Waals surface area contributed by atoms with Gasteiger partial charge in [0.05, 0.1) is 19.9 Å². The van der Waals surface area contributed by atoms with E-state index in [9.17, 15) is 4.79 Å². The summed E-state index contributed by atoms with van der Waals surface area (Å²) < 4.78 is 5.39. The summed E-state index contributed by atoms with van der Waals surface area (Å²) in [5, 5.41) is 29.6. The molecule has 0 unspecified atom stereocenters. The third-order valence-electron chi connectivity index (χ3n) is 7.12. The monoisotopic (exact) mass is 604 g/mol. The van der Waals surface area contributed by atoms with Crippen molar-refractivity contribution in [3.63, 3.8) is 0 Å². The van der Waals surface area contributed by atoms with Crippen LogP contribution in [-0.2, 0) is 29.4 Å². The average Bonchev–Trinajstić information content (AvgIpc) is 3.02. The quantitative estimate of drug-likeness (QED) is 0.260. The highest BCUT2D eigenvalue weighted by Gasteiger charge is 2.37. The number of aromatic nitrogens is 2. The molecule has 0 aliphatic carbocycles. The number of likely N-dealkylation sites (tertiary alicyclic amines) is 1. The summed E-state index contributed by atoms with van der Waals surface area (Å²) in [4.78, 5) is 64.3. The second-order valence-corrected chi connectivity index (χ2v) is 9.64. The van der Waals surface area contributed by atoms with Gasteiger partial charge in [-0.15, -0.1) is 0 Å². The number of aliphatic carboxylic acids is 4. The van der Waals surface area contributed by atoms with Gasteiger partial charge in [0.15, 0.2) is 0 Å². The number of carbonyl (C=O) groups is 5. The van der Waals surface area contributed by atoms with E-state index in [0.29, 0.717) is 13.1 Å². The number of nitrogens with two attached hydrogens (primary N) is 1. The number of piperazine rings is 1. The summed E-state index contributed by atoms with van der Waals surface area (Å²) in [5.41, 5.74) is 7.35. The smallest absolute Gasteiger partial charge is 0.414 e. The molecule has 1 aromatic carbocycles. The van der Waals surface area contributed by atoms with E-state index in [2.05, 4.69) is 31.9 Å². The minimum absolute atomic E-state index is 0.0896. The van der Waals surface area contributed by atoms with Crippen LogP contribution in [0.4, 0.5) is 5.82 Å². The van der Waals surface area contributed by atoms with Crippen LogP contribution in [0.2, 0.25) is 0 Å². The van der Waals surface area contributed by atoms with Crippen LogP contribution < -0.4 is 15.4 Å². The summed E-state index contributed by atoms with van der Waals surface area (Å²) >= 11 is 0. The van der Waals surface area contributed by atoms with E-state index < -0.39 is 23.9 Å². The molecule has 0 bridgehead atoms. The van der Waals surface area contributed by atoms with E-state index in [1.165, 1.54) is 5.56 Å². The lowest BCUT2D eigenvalue weighted by molar-refractivity contribution is -0.159. The fourth-order valence-corrected chi connectivity index (χ4v) is 4.63. The standard InChI is InChI=1S/C23H32N6O2.2C2H2O4/c1-31-20-4-2-3-19(15-20)23(18-24)5-9-29(10-6-23)22(30)17-27-11-13-28(14-12-27)21-16-25-7-8-26-21;2*3-1(4)2(5)6/h2-4,7-8,15-16H,5-6,9-14,17-18,24H2,1H3;2*(H,3,4)(H,5,6). The van der Waals surface area contributed by atoms with Crippen LogP contribution in [0.25, 0.3) is 0 Å². The molecule has 234 valence electrons. The van der Waals surface area contributed by atoms with Crippen LogP contribution in [0, 0.1) is 0 Å². The minimum Gasteiger partial charge on any atom is -0.497 e. The molecule has 1 aromatic heterocycles. The summed E-state index contributed by atoms with van der Waals surface area (Å²) in [6.45, 7) is 5.96. The Morgan fingerprint density at radius 3 is 1.93 bits per heavy atom. The van der Waals surface area contributed by atoms with Crippen LogP contribution in [-0.4, -0.2) is 129 Å². The van der Waals surface area contributed by atoms with Gasteiger partial charge in [-0.25, -0.2) is 24.2 Å². The Morgan fingerprint density at radius 2 is 1.47 bits per heavy atom. The summed E-state index contributed by atoms with van der Waals surface area (Å²) in [5.74, 6) is -5.33. The predicted molar refractivity (Wildman–Crippen MR) is 151 cm³/mol. The molecule has 2 aliphatic heterocycles. The summed E-state index contributed by atoms with van der Waals surface area (Å²) in [6.07, 6.45) is 6.95. The lowest BCUT2D eigenvalue weighted by atomic mass is 9.72. The molecule has 3 heterocycles. The van der Waals surface area contributed by atoms with Crippen molar-refractivity contribution in [2.75, 3.05) is 64.4 Å². The van der Waals surface area contributed by atoms with Gasteiger partial charge in [-0.05, 0) is 30.5 Å². The predicted octanol–water partition coefficient (Wildman–Crippen LogP) is -0.562. The zero-order valence-corrected chi connectivity index (χ0v) is 23.7. The first-order valence-electron chi connectivity index (χ1n) is 13.2. The van der Waals surface area contributed by atoms with Gasteiger partial charge < -0.3 is 40.7 Å². The van der Waals surface area contributed by atoms with Crippen molar-refractivity contribution in [2.45, 2.75) is 18.3 Å². The number of amides is 1. The number of methoxy groups -OCH3 is 1. The number of nitrogens with zero attached hydrogens (tertiary/aromatic N) is 5. The molecule has 43 heavy (non-hydrogen) atoms. The van der Waals surface area contributed by atoms with Crippen LogP contribution in [0.5, 0.6) is 5.75 Å². The van der Waals surface area contributed by atoms with Crippen molar-refractivity contribution in [1.29, 1.82) is 0 Å². The first-order chi connectivity index (χ1) is 20.4. The number of carboxylic acids is 4. The Bertz CT molecular complexity index is 1200. The van der Waals surface area contributed by atoms with Gasteiger partial charge in [-0.3, -0.25) is 14.7 Å². The lowest BCUT2D eigenvalue weighted by Gasteiger charge is -2.42. The molecule has 16 heteroatoms. The summed E-state index contributed by atoms with van der Waals surface area (Å²) in [7, 11) is 1.68. The van der Waals surface area contributed by atoms with Crippen molar-refractivity contribution in [1.82, 2.24) is 19.8 Å². The van der Waals surface area contributed by atoms with Gasteiger partial charge in [0.2, 0.25) is 5.91 Å². The van der Waals surface area contributed by atoms with Crippen molar-refractivity contribution in [2.24, 2.45) is 5.73 Å². The fraction of sp³-hybridized carbons (Fsp3) is 0.444. The molecule has 2 aromatic rings. The van der Waals surface area contributed by atoms with Crippen molar-refractivity contribution in [3.05, 3.63) is 48.4 Å². The van der Waals surface area contributed by atoms with E-state index >= 15 is 0 Å². The molecule has 2 fully saturated rings. The van der Waals surface area contributed by atoms with E-state index in [0.717, 1.165) is 63.7 Å². The first-order valence-corrected chi connectivity index (χ1v) is 13.2. The number of benzene rings is 1. The highest BCUT2D eigenvalue weighted by molar-refractivity contribution is 6.27. The third kappa shape index (κ3) is 10.5. The fourth-order valence-electron chi connectivity index (χ4n) is 4.63. The van der Waals surface area contributed by atoms with Crippen LogP contribution in [0.1, 0.15) is 18.4 Å². The normalized spacial score (nSPS) is 16.0. The Kier molecular flexibility index (Phi) is 13.2. The van der Waals surface area contributed by atoms with Gasteiger partial charge >= 0.3 is 23.9 Å². The SMILES string of the molecule is COc1cccc(C2(CN)CCN(C(=O)CN3CCN(c4cnccn4)CC3)CC2)c1.O=C(O)C(=O)O.O=C(O)C(=O)O. The number of ether oxygens (including phenoxy) is 1. The molecule has 2 saturated heterocycles. The van der Waals surface area contributed by atoms with Crippen molar-refractivity contribution < 1.29 is 49.1 Å². The zero-order chi connectivity index (χ0) is 32.0. The second-order valence-electron chi connectivity index (χ2n) is 9.64. The van der Waals surface area contributed by atoms with Gasteiger partial charge in [0.1, 0.15) is 11.6 Å². The number of carboxylic acid groups (broad SMARTS) is 4. The number of anilines is 1. The van der Waals surface area contributed by atoms with Crippen molar-refractivity contribution in [3.8, 4) is 5.75 Å². The molecule has 1 amide bonds. The van der Waals surface area contributed by atoms with E-state index in [4.69, 9.17) is 50.1 Å². The van der Waals surface area contributed by atoms with Crippen LogP contribution in [0.3, 0.4) is 0 Å². The maximum Gasteiger partial charge on any atom is 0.414 e. The van der Waals surface area contributed by atoms with E-state index in [1.807, 2.05) is 17.0 Å². The van der Waals surface area contributed by atoms with E-state index in [-0.39, 0.29) is 11.3 Å². The van der Waals surface area contributed by atoms with E-state index in [1.54, 1.807) is 25.7 Å². The number of rotatable bonds is 6. The minimum atomic E-state index is -1.82.